The molecule has 4 rings (SSSR count). The zero-order chi connectivity index (χ0) is 17.9. The van der Waals surface area contributed by atoms with Gasteiger partial charge >= 0.3 is 0 Å². The Morgan fingerprint density at radius 3 is 2.42 bits per heavy atom. The number of thiophene rings is 1. The van der Waals surface area contributed by atoms with Crippen molar-refractivity contribution in [2.24, 2.45) is 0 Å². The van der Waals surface area contributed by atoms with Crippen LogP contribution in [-0.2, 0) is 6.54 Å². The minimum atomic E-state index is -0.0209. The summed E-state index contributed by atoms with van der Waals surface area (Å²) in [5.41, 5.74) is 1.38. The Morgan fingerprint density at radius 1 is 0.923 bits per heavy atom. The van der Waals surface area contributed by atoms with Gasteiger partial charge in [-0.2, -0.15) is 0 Å². The first-order chi connectivity index (χ1) is 12.7. The lowest BCUT2D eigenvalue weighted by molar-refractivity contribution is 0.0973. The standard InChI is InChI=1S/C21H15NO3S/c23-19-10-12-22(18-11-13-26-21(18)19)14-20(24)15-6-8-17(9-7-15)25-16-4-2-1-3-5-16/h1-13H,14H2. The predicted molar refractivity (Wildman–Crippen MR) is 103 cm³/mol. The van der Waals surface area contributed by atoms with Crippen LogP contribution < -0.4 is 10.2 Å². The van der Waals surface area contributed by atoms with Crippen LogP contribution in [0.25, 0.3) is 10.2 Å². The van der Waals surface area contributed by atoms with Crippen molar-refractivity contribution >= 4 is 27.3 Å². The maximum Gasteiger partial charge on any atom is 0.199 e. The van der Waals surface area contributed by atoms with E-state index >= 15 is 0 Å². The van der Waals surface area contributed by atoms with E-state index in [1.165, 1.54) is 17.4 Å². The summed E-state index contributed by atoms with van der Waals surface area (Å²) in [4.78, 5) is 24.4. The maximum absolute atomic E-state index is 12.6. The van der Waals surface area contributed by atoms with Crippen LogP contribution in [0, 0.1) is 0 Å². The second-order valence-corrected chi connectivity index (χ2v) is 6.72. The Morgan fingerprint density at radius 2 is 1.65 bits per heavy atom. The number of hydrogen-bond acceptors (Lipinski definition) is 4. The molecule has 4 aromatic rings. The molecule has 2 aromatic carbocycles. The molecular weight excluding hydrogens is 346 g/mol. The average Bonchev–Trinajstić information content (AvgIpc) is 3.16. The largest absolute Gasteiger partial charge is 0.457 e. The number of benzene rings is 2. The third kappa shape index (κ3) is 3.30. The molecule has 128 valence electrons. The summed E-state index contributed by atoms with van der Waals surface area (Å²) >= 11 is 1.39. The lowest BCUT2D eigenvalue weighted by Crippen LogP contribution is -2.13. The van der Waals surface area contributed by atoms with Gasteiger partial charge in [-0.3, -0.25) is 9.59 Å². The quantitative estimate of drug-likeness (QED) is 0.483. The molecule has 2 aromatic heterocycles. The van der Waals surface area contributed by atoms with E-state index in [0.29, 0.717) is 16.0 Å². The number of carbonyl (C=O) groups is 1. The zero-order valence-electron chi connectivity index (χ0n) is 13.8. The molecule has 0 atom stereocenters. The maximum atomic E-state index is 12.6. The number of carbonyl (C=O) groups excluding carboxylic acids is 1. The zero-order valence-corrected chi connectivity index (χ0v) is 14.6. The van der Waals surface area contributed by atoms with Crippen molar-refractivity contribution < 1.29 is 9.53 Å². The highest BCUT2D eigenvalue weighted by Crippen LogP contribution is 2.22. The number of rotatable bonds is 5. The van der Waals surface area contributed by atoms with Crippen LogP contribution in [0.15, 0.2) is 83.1 Å². The van der Waals surface area contributed by atoms with E-state index in [0.717, 1.165) is 11.3 Å². The molecule has 0 bridgehead atoms. The lowest BCUT2D eigenvalue weighted by Gasteiger charge is -2.09. The smallest absolute Gasteiger partial charge is 0.199 e. The number of ether oxygens (including phenoxy) is 1. The first-order valence-electron chi connectivity index (χ1n) is 8.13. The Labute approximate surface area is 153 Å². The highest BCUT2D eigenvalue weighted by molar-refractivity contribution is 7.17. The summed E-state index contributed by atoms with van der Waals surface area (Å²) in [5, 5.41) is 1.86. The Hall–Kier alpha value is -3.18. The summed E-state index contributed by atoms with van der Waals surface area (Å²) in [7, 11) is 0. The third-order valence-electron chi connectivity index (χ3n) is 4.05. The average molecular weight is 361 g/mol. The van der Waals surface area contributed by atoms with Crippen LogP contribution in [0.1, 0.15) is 10.4 Å². The summed E-state index contributed by atoms with van der Waals surface area (Å²) in [6.07, 6.45) is 1.67. The monoisotopic (exact) mass is 361 g/mol. The number of hydrogen-bond donors (Lipinski definition) is 0. The van der Waals surface area contributed by atoms with Crippen molar-refractivity contribution in [3.63, 3.8) is 0 Å². The van der Waals surface area contributed by atoms with E-state index in [4.69, 9.17) is 4.74 Å². The Kier molecular flexibility index (Phi) is 4.37. The number of Topliss-reactive ketones (excluding diaryl/α,β-unsaturated/α-hetero) is 1. The van der Waals surface area contributed by atoms with E-state index in [9.17, 15) is 9.59 Å². The highest BCUT2D eigenvalue weighted by Gasteiger charge is 2.10. The van der Waals surface area contributed by atoms with Gasteiger partial charge in [-0.15, -0.1) is 11.3 Å². The fourth-order valence-electron chi connectivity index (χ4n) is 2.74. The molecule has 0 N–H and O–H groups in total. The molecule has 4 nitrogen and oxygen atoms in total. The summed E-state index contributed by atoms with van der Waals surface area (Å²) in [6.45, 7) is 0.187. The fraction of sp³-hybridized carbons (Fsp3) is 0.0476. The molecule has 26 heavy (non-hydrogen) atoms. The molecular formula is C21H15NO3S. The number of aromatic nitrogens is 1. The number of nitrogens with zero attached hydrogens (tertiary/aromatic N) is 1. The molecule has 0 saturated carbocycles. The van der Waals surface area contributed by atoms with Crippen LogP contribution in [0.3, 0.4) is 0 Å². The highest BCUT2D eigenvalue weighted by atomic mass is 32.1. The van der Waals surface area contributed by atoms with Gasteiger partial charge in [-0.05, 0) is 47.8 Å². The molecule has 0 unspecified atom stereocenters. The van der Waals surface area contributed by atoms with Gasteiger partial charge in [0.05, 0.1) is 16.8 Å². The van der Waals surface area contributed by atoms with Crippen molar-refractivity contribution in [3.05, 3.63) is 94.1 Å². The van der Waals surface area contributed by atoms with Gasteiger partial charge in [0.15, 0.2) is 11.2 Å². The molecule has 2 heterocycles. The first kappa shape index (κ1) is 16.3. The molecule has 0 fully saturated rings. The Bertz CT molecular complexity index is 1110. The molecule has 0 aliphatic heterocycles. The molecule has 0 saturated heterocycles. The number of fused-ring (bicyclic) bond motifs is 1. The topological polar surface area (TPSA) is 48.3 Å². The van der Waals surface area contributed by atoms with E-state index in [2.05, 4.69) is 0 Å². The minimum absolute atomic E-state index is 0.0129. The predicted octanol–water partition coefficient (Wildman–Crippen LogP) is 4.74. The molecule has 0 aliphatic carbocycles. The van der Waals surface area contributed by atoms with Crippen molar-refractivity contribution in [1.82, 2.24) is 4.57 Å². The molecule has 0 spiro atoms. The summed E-state index contributed by atoms with van der Waals surface area (Å²) < 4.78 is 8.22. The van der Waals surface area contributed by atoms with Crippen LogP contribution in [0.2, 0.25) is 0 Å². The first-order valence-corrected chi connectivity index (χ1v) is 9.01. The Balaban J connectivity index is 1.52. The van der Waals surface area contributed by atoms with Gasteiger partial charge in [-0.1, -0.05) is 18.2 Å². The number of para-hydroxylation sites is 1. The SMILES string of the molecule is O=C(Cn1ccc(=O)c2sccc21)c1ccc(Oc2ccccc2)cc1. The van der Waals surface area contributed by atoms with E-state index in [-0.39, 0.29) is 17.8 Å². The molecule has 0 amide bonds. The molecule has 0 radical (unpaired) electrons. The normalized spacial score (nSPS) is 10.8. The van der Waals surface area contributed by atoms with Crippen LogP contribution in [0.5, 0.6) is 11.5 Å². The van der Waals surface area contributed by atoms with Gasteiger partial charge in [0.1, 0.15) is 11.5 Å². The number of pyridine rings is 1. The van der Waals surface area contributed by atoms with Crippen molar-refractivity contribution in [3.8, 4) is 11.5 Å². The summed E-state index contributed by atoms with van der Waals surface area (Å²) in [5.74, 6) is 1.41. The van der Waals surface area contributed by atoms with Gasteiger partial charge in [0, 0.05) is 17.8 Å². The van der Waals surface area contributed by atoms with Crippen molar-refractivity contribution in [1.29, 1.82) is 0 Å². The second kappa shape index (κ2) is 6.98. The van der Waals surface area contributed by atoms with Crippen LogP contribution in [-0.4, -0.2) is 10.4 Å². The second-order valence-electron chi connectivity index (χ2n) is 5.81. The lowest BCUT2D eigenvalue weighted by atomic mass is 10.1. The van der Waals surface area contributed by atoms with E-state index < -0.39 is 0 Å². The van der Waals surface area contributed by atoms with Crippen LogP contribution >= 0.6 is 11.3 Å². The van der Waals surface area contributed by atoms with Crippen molar-refractivity contribution in [2.45, 2.75) is 6.54 Å². The minimum Gasteiger partial charge on any atom is -0.457 e. The van der Waals surface area contributed by atoms with Gasteiger partial charge in [0.25, 0.3) is 0 Å². The van der Waals surface area contributed by atoms with E-state index in [1.54, 1.807) is 30.5 Å². The summed E-state index contributed by atoms with van der Waals surface area (Å²) in [6, 6.07) is 19.9. The van der Waals surface area contributed by atoms with Gasteiger partial charge < -0.3 is 9.30 Å². The van der Waals surface area contributed by atoms with Gasteiger partial charge in [-0.25, -0.2) is 0 Å². The third-order valence-corrected chi connectivity index (χ3v) is 4.97. The van der Waals surface area contributed by atoms with Gasteiger partial charge in [0.2, 0.25) is 0 Å². The number of ketones is 1. The van der Waals surface area contributed by atoms with Crippen LogP contribution in [0.4, 0.5) is 0 Å². The van der Waals surface area contributed by atoms with E-state index in [1.807, 2.05) is 46.3 Å². The molecule has 5 heteroatoms. The molecule has 0 aliphatic rings. The fourth-order valence-corrected chi connectivity index (χ4v) is 3.57. The van der Waals surface area contributed by atoms with Crippen molar-refractivity contribution in [2.75, 3.05) is 0 Å².